The molecule has 21 heavy (non-hydrogen) atoms. The van der Waals surface area contributed by atoms with Gasteiger partial charge in [0.1, 0.15) is 18.5 Å². The molecule has 120 valence electrons. The van der Waals surface area contributed by atoms with E-state index in [2.05, 4.69) is 19.2 Å². The molecule has 1 aromatic carbocycles. The number of ether oxygens (including phenoxy) is 1. The lowest BCUT2D eigenvalue weighted by atomic mass is 10.1. The van der Waals surface area contributed by atoms with E-state index in [0.29, 0.717) is 23.4 Å². The van der Waals surface area contributed by atoms with Gasteiger partial charge in [-0.15, -0.1) is 0 Å². The largest absolute Gasteiger partial charge is 0.491 e. The Morgan fingerprint density at radius 2 is 2.05 bits per heavy atom. The van der Waals surface area contributed by atoms with Crippen LogP contribution in [-0.2, 0) is 0 Å². The lowest BCUT2D eigenvalue weighted by Crippen LogP contribution is -2.38. The van der Waals surface area contributed by atoms with Crippen LogP contribution in [0.3, 0.4) is 0 Å². The van der Waals surface area contributed by atoms with Crippen LogP contribution in [0.2, 0.25) is 5.02 Å². The van der Waals surface area contributed by atoms with Crippen molar-refractivity contribution in [2.75, 3.05) is 13.2 Å². The minimum Gasteiger partial charge on any atom is -0.491 e. The molecule has 0 heterocycles. The smallest absolute Gasteiger partial charge is 0.120 e. The van der Waals surface area contributed by atoms with Gasteiger partial charge in [-0.25, -0.2) is 0 Å². The highest BCUT2D eigenvalue weighted by Crippen LogP contribution is 2.17. The van der Waals surface area contributed by atoms with E-state index in [0.717, 1.165) is 12.8 Å². The van der Waals surface area contributed by atoms with Gasteiger partial charge in [-0.05, 0) is 31.0 Å². The van der Waals surface area contributed by atoms with Crippen LogP contribution in [0.5, 0.6) is 5.75 Å². The normalized spacial score (nSPS) is 13.9. The van der Waals surface area contributed by atoms with Gasteiger partial charge in [-0.3, -0.25) is 0 Å². The fourth-order valence-electron chi connectivity index (χ4n) is 2.26. The molecule has 0 saturated heterocycles. The molecule has 2 atom stereocenters. The Morgan fingerprint density at radius 3 is 2.71 bits per heavy atom. The molecule has 0 fully saturated rings. The van der Waals surface area contributed by atoms with E-state index in [9.17, 15) is 5.11 Å². The van der Waals surface area contributed by atoms with Crippen LogP contribution in [0.25, 0.3) is 0 Å². The first kappa shape index (κ1) is 18.3. The predicted octanol–water partition coefficient (Wildman–Crippen LogP) is 4.03. The molecule has 3 nitrogen and oxygen atoms in total. The molecule has 0 aromatic heterocycles. The molecule has 1 aromatic rings. The van der Waals surface area contributed by atoms with Crippen molar-refractivity contribution in [2.24, 2.45) is 0 Å². The van der Waals surface area contributed by atoms with Crippen LogP contribution in [-0.4, -0.2) is 30.4 Å². The van der Waals surface area contributed by atoms with Crippen LogP contribution >= 0.6 is 11.6 Å². The van der Waals surface area contributed by atoms with Crippen molar-refractivity contribution in [3.63, 3.8) is 0 Å². The lowest BCUT2D eigenvalue weighted by Gasteiger charge is -2.20. The highest BCUT2D eigenvalue weighted by Gasteiger charge is 2.10. The van der Waals surface area contributed by atoms with Gasteiger partial charge >= 0.3 is 0 Å². The van der Waals surface area contributed by atoms with Gasteiger partial charge in [0.05, 0.1) is 0 Å². The molecule has 2 N–H and O–H groups in total. The number of aliphatic hydroxyl groups excluding tert-OH is 1. The van der Waals surface area contributed by atoms with E-state index in [-0.39, 0.29) is 6.61 Å². The maximum atomic E-state index is 10.0. The molecule has 0 spiro atoms. The second-order valence-corrected chi connectivity index (χ2v) is 5.89. The Morgan fingerprint density at radius 1 is 1.24 bits per heavy atom. The van der Waals surface area contributed by atoms with E-state index >= 15 is 0 Å². The highest BCUT2D eigenvalue weighted by atomic mass is 35.5. The van der Waals surface area contributed by atoms with Crippen molar-refractivity contribution in [3.8, 4) is 5.75 Å². The number of nitrogens with one attached hydrogen (secondary N) is 1. The van der Waals surface area contributed by atoms with Crippen molar-refractivity contribution >= 4 is 11.6 Å². The molecule has 0 aliphatic carbocycles. The molecule has 0 amide bonds. The number of rotatable bonds is 11. The van der Waals surface area contributed by atoms with Crippen LogP contribution in [0, 0.1) is 0 Å². The Bertz CT molecular complexity index is 387. The zero-order valence-electron chi connectivity index (χ0n) is 13.1. The molecule has 2 unspecified atom stereocenters. The number of unbranched alkanes of at least 4 members (excludes halogenated alkanes) is 1. The Kier molecular flexibility index (Phi) is 9.48. The third-order valence-electron chi connectivity index (χ3n) is 3.42. The monoisotopic (exact) mass is 313 g/mol. The predicted molar refractivity (Wildman–Crippen MR) is 89.2 cm³/mol. The van der Waals surface area contributed by atoms with Crippen molar-refractivity contribution in [3.05, 3.63) is 29.3 Å². The molecule has 0 bridgehead atoms. The quantitative estimate of drug-likeness (QED) is 0.648. The third kappa shape index (κ3) is 8.30. The van der Waals surface area contributed by atoms with Gasteiger partial charge in [0.2, 0.25) is 0 Å². The molecule has 0 saturated carbocycles. The number of hydrogen-bond acceptors (Lipinski definition) is 3. The number of benzene rings is 1. The first-order valence-electron chi connectivity index (χ1n) is 7.95. The van der Waals surface area contributed by atoms with Crippen molar-refractivity contribution in [2.45, 2.75) is 58.1 Å². The summed E-state index contributed by atoms with van der Waals surface area (Å²) >= 11 is 5.89. The summed E-state index contributed by atoms with van der Waals surface area (Å²) in [5, 5.41) is 14.1. The van der Waals surface area contributed by atoms with Crippen molar-refractivity contribution in [1.82, 2.24) is 5.32 Å². The molecular weight excluding hydrogens is 286 g/mol. The van der Waals surface area contributed by atoms with Crippen LogP contribution in [0.4, 0.5) is 0 Å². The molecule has 0 aliphatic rings. The summed E-state index contributed by atoms with van der Waals surface area (Å²) in [5.74, 6) is 0.692. The van der Waals surface area contributed by atoms with E-state index in [4.69, 9.17) is 16.3 Å². The standard InChI is InChI=1S/C17H28ClNO2/c1-3-5-9-15(7-4-2)19-12-16(20)13-21-17-10-6-8-14(18)11-17/h6,8,10-11,15-16,19-20H,3-5,7,9,12-13H2,1-2H3. The lowest BCUT2D eigenvalue weighted by molar-refractivity contribution is 0.103. The Hall–Kier alpha value is -0.770. The van der Waals surface area contributed by atoms with Crippen molar-refractivity contribution in [1.29, 1.82) is 0 Å². The fourth-order valence-corrected chi connectivity index (χ4v) is 2.44. The molecule has 1 rings (SSSR count). The summed E-state index contributed by atoms with van der Waals surface area (Å²) in [6.45, 7) is 5.24. The van der Waals surface area contributed by atoms with E-state index in [1.807, 2.05) is 12.1 Å². The van der Waals surface area contributed by atoms with Gasteiger partial charge in [-0.1, -0.05) is 50.8 Å². The van der Waals surface area contributed by atoms with Crippen LogP contribution < -0.4 is 10.1 Å². The minimum absolute atomic E-state index is 0.278. The Labute approximate surface area is 133 Å². The van der Waals surface area contributed by atoms with Crippen LogP contribution in [0.15, 0.2) is 24.3 Å². The van der Waals surface area contributed by atoms with E-state index < -0.39 is 6.10 Å². The summed E-state index contributed by atoms with van der Waals surface area (Å²) < 4.78 is 5.55. The minimum atomic E-state index is -0.509. The van der Waals surface area contributed by atoms with E-state index in [1.54, 1.807) is 12.1 Å². The van der Waals surface area contributed by atoms with Gasteiger partial charge in [0.25, 0.3) is 0 Å². The Balaban J connectivity index is 2.26. The summed E-state index contributed by atoms with van der Waals surface area (Å²) in [6, 6.07) is 7.73. The maximum Gasteiger partial charge on any atom is 0.120 e. The van der Waals surface area contributed by atoms with Gasteiger partial charge < -0.3 is 15.2 Å². The first-order chi connectivity index (χ1) is 10.2. The third-order valence-corrected chi connectivity index (χ3v) is 3.66. The SMILES string of the molecule is CCCCC(CCC)NCC(O)COc1cccc(Cl)c1. The summed E-state index contributed by atoms with van der Waals surface area (Å²) in [4.78, 5) is 0. The highest BCUT2D eigenvalue weighted by molar-refractivity contribution is 6.30. The first-order valence-corrected chi connectivity index (χ1v) is 8.33. The maximum absolute atomic E-state index is 10.0. The number of aliphatic hydroxyl groups is 1. The van der Waals surface area contributed by atoms with Crippen LogP contribution in [0.1, 0.15) is 46.0 Å². The second kappa shape index (κ2) is 10.9. The van der Waals surface area contributed by atoms with Gasteiger partial charge in [0, 0.05) is 17.6 Å². The average Bonchev–Trinajstić information content (AvgIpc) is 2.48. The van der Waals surface area contributed by atoms with Gasteiger partial charge in [-0.2, -0.15) is 0 Å². The zero-order chi connectivity index (χ0) is 15.5. The second-order valence-electron chi connectivity index (χ2n) is 5.46. The molecule has 0 aliphatic heterocycles. The van der Waals surface area contributed by atoms with Gasteiger partial charge in [0.15, 0.2) is 0 Å². The topological polar surface area (TPSA) is 41.5 Å². The summed E-state index contributed by atoms with van der Waals surface area (Å²) in [6.07, 6.45) is 5.42. The number of halogens is 1. The molecular formula is C17H28ClNO2. The molecule has 4 heteroatoms. The number of hydrogen-bond donors (Lipinski definition) is 2. The summed E-state index contributed by atoms with van der Waals surface area (Å²) in [7, 11) is 0. The average molecular weight is 314 g/mol. The van der Waals surface area contributed by atoms with E-state index in [1.165, 1.54) is 19.3 Å². The summed E-state index contributed by atoms with van der Waals surface area (Å²) in [5.41, 5.74) is 0. The molecule has 0 radical (unpaired) electrons. The fraction of sp³-hybridized carbons (Fsp3) is 0.647. The zero-order valence-corrected chi connectivity index (χ0v) is 13.9. The van der Waals surface area contributed by atoms with Crippen molar-refractivity contribution < 1.29 is 9.84 Å².